The quantitative estimate of drug-likeness (QED) is 0.517. The van der Waals surface area contributed by atoms with E-state index in [9.17, 15) is 22.8 Å². The first-order valence-corrected chi connectivity index (χ1v) is 9.66. The van der Waals surface area contributed by atoms with E-state index in [0.29, 0.717) is 6.07 Å². The Labute approximate surface area is 184 Å². The molecule has 2 atom stereocenters. The highest BCUT2D eigenvalue weighted by molar-refractivity contribution is 6.42. The van der Waals surface area contributed by atoms with Gasteiger partial charge in [0.1, 0.15) is 17.1 Å². The summed E-state index contributed by atoms with van der Waals surface area (Å²) < 4.78 is 54.1. The van der Waals surface area contributed by atoms with Gasteiger partial charge >= 0.3 is 12.2 Å². The van der Waals surface area contributed by atoms with Gasteiger partial charge in [-0.1, -0.05) is 35.3 Å². The molecule has 3 rings (SSSR count). The van der Waals surface area contributed by atoms with Crippen molar-refractivity contribution in [2.24, 2.45) is 5.73 Å². The van der Waals surface area contributed by atoms with Crippen molar-refractivity contribution in [1.82, 2.24) is 15.2 Å². The number of rotatable bonds is 3. The van der Waals surface area contributed by atoms with Crippen molar-refractivity contribution in [2.75, 3.05) is 13.1 Å². The molecule has 0 spiro atoms. The summed E-state index contributed by atoms with van der Waals surface area (Å²) in [6.07, 6.45) is -3.82. The number of hydrogen-bond donors (Lipinski definition) is 2. The van der Waals surface area contributed by atoms with Crippen LogP contribution in [0.4, 0.5) is 22.4 Å². The maximum atomic E-state index is 15.2. The van der Waals surface area contributed by atoms with Crippen LogP contribution in [0.2, 0.25) is 10.0 Å². The predicted octanol–water partition coefficient (Wildman–Crippen LogP) is 3.95. The second-order valence-corrected chi connectivity index (χ2v) is 7.85. The first-order chi connectivity index (χ1) is 14.4. The highest BCUT2D eigenvalue weighted by Crippen LogP contribution is 2.43. The highest BCUT2D eigenvalue weighted by atomic mass is 35.5. The number of urea groups is 1. The molecule has 1 aliphatic rings. The average molecular weight is 479 g/mol. The van der Waals surface area contributed by atoms with Crippen molar-refractivity contribution < 1.29 is 27.2 Å². The summed E-state index contributed by atoms with van der Waals surface area (Å²) in [5.74, 6) is -2.96. The molecular formula is C19H16Cl2F4N4O2. The van der Waals surface area contributed by atoms with E-state index in [1.807, 2.05) is 0 Å². The van der Waals surface area contributed by atoms with Crippen LogP contribution in [0.3, 0.4) is 0 Å². The fourth-order valence-corrected chi connectivity index (χ4v) is 4.07. The van der Waals surface area contributed by atoms with Crippen LogP contribution in [-0.4, -0.2) is 40.5 Å². The van der Waals surface area contributed by atoms with Gasteiger partial charge in [-0.05, 0) is 30.2 Å². The zero-order valence-corrected chi connectivity index (χ0v) is 17.4. The lowest BCUT2D eigenvalue weighted by Gasteiger charge is -2.47. The van der Waals surface area contributed by atoms with Gasteiger partial charge in [-0.25, -0.2) is 9.18 Å². The number of nitrogens with two attached hydrogens (primary N) is 1. The number of benzene rings is 1. The summed E-state index contributed by atoms with van der Waals surface area (Å²) in [6, 6.07) is 3.34. The minimum Gasteiger partial charge on any atom is -0.352 e. The Morgan fingerprint density at radius 1 is 1.29 bits per heavy atom. The average Bonchev–Trinajstić information content (AvgIpc) is 2.70. The molecule has 12 heteroatoms. The molecule has 2 aromatic rings. The number of piperazine rings is 1. The lowest BCUT2D eigenvalue weighted by Crippen LogP contribution is -2.68. The minimum absolute atomic E-state index is 0.00504. The molecule has 0 bridgehead atoms. The number of alkyl halides is 3. The smallest absolute Gasteiger partial charge is 0.352 e. The van der Waals surface area contributed by atoms with Gasteiger partial charge in [0.2, 0.25) is 5.91 Å². The molecule has 3 N–H and O–H groups in total. The summed E-state index contributed by atoms with van der Waals surface area (Å²) in [5, 5.41) is 2.05. The third kappa shape index (κ3) is 4.01. The zero-order chi connectivity index (χ0) is 23.1. The number of amides is 3. The standard InChI is InChI=1S/C19H16Cl2F4N4O2/c1-18(16(30)27-6-7-29(18)17(26)31)13(10-3-4-11(20)14(21)15(10)22)9-2-5-12(28-8-9)19(23,24)25/h2-5,8,13H,6-7H2,1H3,(H2,26,31)(H,27,30)/t13-,18?/m1/s1. The van der Waals surface area contributed by atoms with Gasteiger partial charge in [-0.15, -0.1) is 0 Å². The maximum absolute atomic E-state index is 15.2. The van der Waals surface area contributed by atoms with Crippen molar-refractivity contribution in [2.45, 2.75) is 24.6 Å². The van der Waals surface area contributed by atoms with Crippen molar-refractivity contribution in [3.8, 4) is 0 Å². The molecule has 0 radical (unpaired) electrons. The van der Waals surface area contributed by atoms with Crippen molar-refractivity contribution in [3.05, 3.63) is 63.1 Å². The Kier molecular flexibility index (Phi) is 6.07. The molecule has 1 aromatic carbocycles. The largest absolute Gasteiger partial charge is 0.433 e. The molecule has 1 aliphatic heterocycles. The molecule has 2 heterocycles. The van der Waals surface area contributed by atoms with E-state index < -0.39 is 46.1 Å². The van der Waals surface area contributed by atoms with Crippen LogP contribution in [0.1, 0.15) is 29.7 Å². The van der Waals surface area contributed by atoms with Gasteiger partial charge in [-0.2, -0.15) is 13.2 Å². The Morgan fingerprint density at radius 2 is 1.97 bits per heavy atom. The van der Waals surface area contributed by atoms with Crippen LogP contribution < -0.4 is 11.1 Å². The molecule has 1 saturated heterocycles. The summed E-state index contributed by atoms with van der Waals surface area (Å²) >= 11 is 11.8. The first-order valence-electron chi connectivity index (χ1n) is 8.91. The maximum Gasteiger partial charge on any atom is 0.433 e. The van der Waals surface area contributed by atoms with E-state index >= 15 is 4.39 Å². The monoisotopic (exact) mass is 478 g/mol. The number of nitrogens with one attached hydrogen (secondary N) is 1. The third-order valence-electron chi connectivity index (χ3n) is 5.26. The minimum atomic E-state index is -4.70. The Bertz CT molecular complexity index is 1030. The fourth-order valence-electron chi connectivity index (χ4n) is 3.76. The lowest BCUT2D eigenvalue weighted by atomic mass is 9.73. The molecule has 0 saturated carbocycles. The van der Waals surface area contributed by atoms with E-state index in [0.717, 1.165) is 17.2 Å². The van der Waals surface area contributed by atoms with E-state index in [2.05, 4.69) is 10.3 Å². The number of aromatic nitrogens is 1. The molecule has 0 aliphatic carbocycles. The van der Waals surface area contributed by atoms with Crippen LogP contribution in [0.5, 0.6) is 0 Å². The van der Waals surface area contributed by atoms with Crippen LogP contribution in [0.15, 0.2) is 30.5 Å². The van der Waals surface area contributed by atoms with Crippen LogP contribution in [-0.2, 0) is 11.0 Å². The summed E-state index contributed by atoms with van der Waals surface area (Å²) in [7, 11) is 0. The summed E-state index contributed by atoms with van der Waals surface area (Å²) in [6.45, 7) is 1.45. The van der Waals surface area contributed by atoms with E-state index in [-0.39, 0.29) is 29.2 Å². The second-order valence-electron chi connectivity index (χ2n) is 7.07. The number of nitrogens with zero attached hydrogens (tertiary/aromatic N) is 2. The van der Waals surface area contributed by atoms with Gasteiger partial charge < -0.3 is 16.0 Å². The van der Waals surface area contributed by atoms with Crippen LogP contribution in [0.25, 0.3) is 0 Å². The summed E-state index contributed by atoms with van der Waals surface area (Å²) in [5.41, 5.74) is 2.37. The Balaban J connectivity index is 2.28. The molecule has 3 amide bonds. The number of pyridine rings is 1. The Morgan fingerprint density at radius 3 is 2.52 bits per heavy atom. The molecular weight excluding hydrogens is 463 g/mol. The number of carbonyl (C=O) groups excluding carboxylic acids is 2. The molecule has 1 fully saturated rings. The number of halogens is 6. The molecule has 166 valence electrons. The van der Waals surface area contributed by atoms with Crippen LogP contribution in [0, 0.1) is 5.82 Å². The van der Waals surface area contributed by atoms with Crippen molar-refractivity contribution in [3.63, 3.8) is 0 Å². The molecule has 31 heavy (non-hydrogen) atoms. The van der Waals surface area contributed by atoms with Gasteiger partial charge in [0.25, 0.3) is 0 Å². The fraction of sp³-hybridized carbons (Fsp3) is 0.316. The third-order valence-corrected chi connectivity index (χ3v) is 6.04. The van der Waals surface area contributed by atoms with E-state index in [4.69, 9.17) is 28.9 Å². The van der Waals surface area contributed by atoms with Crippen molar-refractivity contribution in [1.29, 1.82) is 0 Å². The van der Waals surface area contributed by atoms with Gasteiger partial charge in [-0.3, -0.25) is 9.78 Å². The van der Waals surface area contributed by atoms with E-state index in [1.54, 1.807) is 0 Å². The van der Waals surface area contributed by atoms with Gasteiger partial charge in [0.05, 0.1) is 10.0 Å². The van der Waals surface area contributed by atoms with Crippen LogP contribution >= 0.6 is 23.2 Å². The number of hydrogen-bond acceptors (Lipinski definition) is 3. The van der Waals surface area contributed by atoms with Gasteiger partial charge in [0.15, 0.2) is 0 Å². The second kappa shape index (κ2) is 8.16. The number of primary amides is 1. The SMILES string of the molecule is CC1([C@H](c2ccc(C(F)(F)F)nc2)c2ccc(Cl)c(Cl)c2F)C(=O)NCCN1C(N)=O. The normalized spacial score (nSPS) is 20.4. The predicted molar refractivity (Wildman–Crippen MR) is 105 cm³/mol. The topological polar surface area (TPSA) is 88.3 Å². The zero-order valence-electron chi connectivity index (χ0n) is 15.9. The van der Waals surface area contributed by atoms with Gasteiger partial charge in [0, 0.05) is 25.2 Å². The van der Waals surface area contributed by atoms with E-state index in [1.165, 1.54) is 19.1 Å². The lowest BCUT2D eigenvalue weighted by molar-refractivity contribution is -0.141. The number of carbonyl (C=O) groups is 2. The molecule has 1 unspecified atom stereocenters. The van der Waals surface area contributed by atoms with Crippen molar-refractivity contribution >= 4 is 35.1 Å². The molecule has 1 aromatic heterocycles. The first kappa shape index (κ1) is 23.1. The molecule has 6 nitrogen and oxygen atoms in total. The Hall–Kier alpha value is -2.59. The highest BCUT2D eigenvalue weighted by Gasteiger charge is 2.52. The summed E-state index contributed by atoms with van der Waals surface area (Å²) in [4.78, 5) is 29.6.